The van der Waals surface area contributed by atoms with Crippen LogP contribution in [0.25, 0.3) is 0 Å². The fourth-order valence-corrected chi connectivity index (χ4v) is 1.33. The summed E-state index contributed by atoms with van der Waals surface area (Å²) < 4.78 is 92.2. The molecule has 0 bridgehead atoms. The van der Waals surface area contributed by atoms with E-state index in [1.807, 2.05) is 0 Å². The molecule has 0 rings (SSSR count). The van der Waals surface area contributed by atoms with Crippen LogP contribution in [-0.4, -0.2) is 81.2 Å². The minimum absolute atomic E-state index is 0.225. The molecule has 0 aromatic rings. The van der Waals surface area contributed by atoms with Gasteiger partial charge in [0, 0.05) is 42.7 Å². The standard InChI is InChI=1S/C2H2ClNO5S.CH2ClNO4S.CClNO3S.CH2O2.CO2.CO.ClH2NO2S/c3-10(7,8)4-2(6)9-1-5;2-8(6,7)3-1(4)5;2-7(5,6)3-1-4;2*2-1-3;1-2;1-5(2,3)4/h1H,(H,4,6);3H,(H,4,5);;1H,(H,2,3);;;(H2,2,3,4). The van der Waals surface area contributed by atoms with Gasteiger partial charge < -0.3 is 14.9 Å². The number of amides is 2. The second-order valence-electron chi connectivity index (χ2n) is 3.15. The van der Waals surface area contributed by atoms with Crippen LogP contribution in [-0.2, 0) is 70.3 Å². The van der Waals surface area contributed by atoms with E-state index in [2.05, 4.69) is 63.7 Å². The predicted octanol–water partition coefficient (Wildman–Crippen LogP) is -2.60. The van der Waals surface area contributed by atoms with Crippen molar-refractivity contribution in [3.63, 3.8) is 0 Å². The van der Waals surface area contributed by atoms with Gasteiger partial charge in [0.25, 0.3) is 21.8 Å². The van der Waals surface area contributed by atoms with Crippen molar-refractivity contribution in [2.45, 2.75) is 0 Å². The Balaban J connectivity index is -0.0000000627. The molecule has 6 N–H and O–H groups in total. The van der Waals surface area contributed by atoms with Crippen LogP contribution in [0.3, 0.4) is 0 Å². The summed E-state index contributed by atoms with van der Waals surface area (Å²) >= 11 is 0. The summed E-state index contributed by atoms with van der Waals surface area (Å²) in [7, 11) is 1.62. The second-order valence-corrected chi connectivity index (χ2v) is 12.2. The Morgan fingerprint density at radius 3 is 1.24 bits per heavy atom. The number of nitrogens with two attached hydrogens (primary N) is 1. The Hall–Kier alpha value is -2.90. The molecule has 0 fully saturated rings. The SMILES string of the molecule is NS(=O)(=O)Cl.O=C(O)NS(=O)(=O)Cl.O=C=NS(=O)(=O)Cl.O=C=O.O=CO.O=COC(=O)NS(=O)(=O)Cl.[C-]#[O+]. The summed E-state index contributed by atoms with van der Waals surface area (Å²) in [6.45, 7) is 4.03. The molecule has 0 saturated carbocycles. The maximum atomic E-state index is 10.0. The third-order valence-electron chi connectivity index (χ3n) is 0.716. The Morgan fingerprint density at radius 1 is 0.895 bits per heavy atom. The van der Waals surface area contributed by atoms with Crippen molar-refractivity contribution in [2.24, 2.45) is 9.54 Å². The normalized spacial score (nSPS) is 8.82. The molecule has 0 radical (unpaired) electrons. The van der Waals surface area contributed by atoms with Crippen LogP contribution >= 0.6 is 42.7 Å². The summed E-state index contributed by atoms with van der Waals surface area (Å²) in [5.41, 5.74) is 0. The van der Waals surface area contributed by atoms with Crippen molar-refractivity contribution in [1.82, 2.24) is 9.44 Å². The zero-order valence-corrected chi connectivity index (χ0v) is 22.9. The minimum atomic E-state index is -4.16. The number of carbonyl (C=O) groups excluding carboxylic acids is 5. The van der Waals surface area contributed by atoms with E-state index < -0.39 is 49.1 Å². The fourth-order valence-electron chi connectivity index (χ4n) is 0.316. The van der Waals surface area contributed by atoms with E-state index >= 15 is 0 Å². The van der Waals surface area contributed by atoms with Gasteiger partial charge in [0.05, 0.1) is 0 Å². The molecule has 0 aliphatic rings. The molecule has 0 aliphatic carbocycles. The summed E-state index contributed by atoms with van der Waals surface area (Å²) in [6.07, 6.45) is -2.12. The van der Waals surface area contributed by atoms with E-state index in [9.17, 15) is 48.1 Å². The van der Waals surface area contributed by atoms with Gasteiger partial charge in [-0.15, -0.1) is 0 Å². The molecule has 0 spiro atoms. The van der Waals surface area contributed by atoms with Gasteiger partial charge in [-0.05, 0) is 0 Å². The number of carboxylic acid groups (broad SMARTS) is 2. The third-order valence-corrected chi connectivity index (χ3v) is 2.51. The molecule has 0 unspecified atom stereocenters. The van der Waals surface area contributed by atoms with Crippen LogP contribution in [0.4, 0.5) is 9.59 Å². The number of nitrogens with zero attached hydrogens (tertiary/aromatic N) is 1. The third kappa shape index (κ3) is 172. The first-order chi connectivity index (χ1) is 16.8. The first-order valence-corrected chi connectivity index (χ1v) is 15.4. The summed E-state index contributed by atoms with van der Waals surface area (Å²) in [4.78, 5) is 62.5. The van der Waals surface area contributed by atoms with E-state index in [0.717, 1.165) is 10.8 Å². The number of hydrogen-bond donors (Lipinski definition) is 5. The number of hydrogen-bond acceptors (Lipinski definition) is 16. The Bertz CT molecular complexity index is 1220. The van der Waals surface area contributed by atoms with Gasteiger partial charge in [0.15, 0.2) is 0 Å². The van der Waals surface area contributed by atoms with Crippen molar-refractivity contribution in [3.05, 3.63) is 6.65 Å². The fraction of sp³-hybridized carbons (Fsp3) is 0. The van der Waals surface area contributed by atoms with E-state index in [1.54, 1.807) is 0 Å². The van der Waals surface area contributed by atoms with Gasteiger partial charge in [-0.3, -0.25) is 9.59 Å². The Morgan fingerprint density at radius 2 is 1.16 bits per heavy atom. The molecule has 31 heteroatoms. The first kappa shape index (κ1) is 51.7. The summed E-state index contributed by atoms with van der Waals surface area (Å²) in [5, 5.41) is 18.7. The van der Waals surface area contributed by atoms with Gasteiger partial charge in [0.1, 0.15) is 0 Å². The molecule has 38 heavy (non-hydrogen) atoms. The van der Waals surface area contributed by atoms with Crippen molar-refractivity contribution in [2.75, 3.05) is 0 Å². The summed E-state index contributed by atoms with van der Waals surface area (Å²) in [5.74, 6) is 0. The first-order valence-electron chi connectivity index (χ1n) is 6.12. The molecule has 0 aliphatic heterocycles. The van der Waals surface area contributed by atoms with Crippen molar-refractivity contribution in [3.8, 4) is 0 Å². The van der Waals surface area contributed by atoms with E-state index in [-0.39, 0.29) is 19.1 Å². The monoisotopic (exact) mass is 720 g/mol. The maximum absolute atomic E-state index is 10.0. The van der Waals surface area contributed by atoms with Gasteiger partial charge in [-0.25, -0.2) is 29.0 Å². The van der Waals surface area contributed by atoms with E-state index in [4.69, 9.17) is 34.0 Å². The molecular weight excluding hydrogens is 714 g/mol. The number of nitrogens with one attached hydrogen (secondary N) is 2. The molecule has 0 heterocycles. The zero-order valence-electron chi connectivity index (χ0n) is 16.7. The molecule has 0 aromatic carbocycles. The topological polar surface area (TPSA) is 388 Å². The quantitative estimate of drug-likeness (QED) is 0.0378. The van der Waals surface area contributed by atoms with Gasteiger partial charge in [-0.2, -0.15) is 43.3 Å². The average molecular weight is 722 g/mol. The van der Waals surface area contributed by atoms with Crippen molar-refractivity contribution < 1.29 is 86.8 Å². The van der Waals surface area contributed by atoms with Crippen molar-refractivity contribution in [1.29, 1.82) is 0 Å². The van der Waals surface area contributed by atoms with Crippen LogP contribution in [0, 0.1) is 6.65 Å². The number of halogens is 4. The predicted molar refractivity (Wildman–Crippen MR) is 116 cm³/mol. The summed E-state index contributed by atoms with van der Waals surface area (Å²) in [6, 6.07) is 0. The number of ether oxygens (including phenoxy) is 1. The molecule has 23 nitrogen and oxygen atoms in total. The molecule has 0 aromatic heterocycles. The second kappa shape index (κ2) is 30.3. The van der Waals surface area contributed by atoms with Crippen LogP contribution < -0.4 is 14.6 Å². The molecular formula is C7H8Cl4N4O19S4. The number of carbonyl (C=O) groups is 4. The van der Waals surface area contributed by atoms with Gasteiger partial charge in [-0.1, -0.05) is 4.40 Å². The number of isocyanates is 1. The van der Waals surface area contributed by atoms with E-state index in [0.29, 0.717) is 0 Å². The Labute approximate surface area is 228 Å². The van der Waals surface area contributed by atoms with Crippen LogP contribution in [0.15, 0.2) is 4.40 Å². The van der Waals surface area contributed by atoms with Crippen LogP contribution in [0.1, 0.15) is 0 Å². The van der Waals surface area contributed by atoms with Crippen LogP contribution in [0.5, 0.6) is 0 Å². The molecule has 0 atom stereocenters. The molecule has 2 amide bonds. The number of rotatable bonds is 4. The van der Waals surface area contributed by atoms with Gasteiger partial charge in [0.2, 0.25) is 0 Å². The van der Waals surface area contributed by atoms with Crippen molar-refractivity contribution >= 4 is 117 Å². The van der Waals surface area contributed by atoms with E-state index in [1.165, 1.54) is 4.72 Å². The van der Waals surface area contributed by atoms with Crippen LogP contribution in [0.2, 0.25) is 0 Å². The van der Waals surface area contributed by atoms with Gasteiger partial charge >= 0.3 is 63.8 Å². The molecule has 0 saturated heterocycles. The average Bonchev–Trinajstić information content (AvgIpc) is 2.60. The Kier molecular flexibility index (Phi) is 41.2. The molecule has 222 valence electrons. The zero-order chi connectivity index (χ0) is 32.8.